The molecule has 1 aromatic rings. The molecule has 0 bridgehead atoms. The van der Waals surface area contributed by atoms with Crippen molar-refractivity contribution >= 4 is 11.9 Å². The molecular weight excluding hydrogens is 258 g/mol. The second kappa shape index (κ2) is 6.07. The van der Waals surface area contributed by atoms with Crippen molar-refractivity contribution in [1.82, 2.24) is 14.7 Å². The average Bonchev–Trinajstić information content (AvgIpc) is 2.79. The lowest BCUT2D eigenvalue weighted by Crippen LogP contribution is -2.45. The van der Waals surface area contributed by atoms with Gasteiger partial charge in [0.05, 0.1) is 12.1 Å². The minimum absolute atomic E-state index is 0.0188. The van der Waals surface area contributed by atoms with Gasteiger partial charge in [0.15, 0.2) is 0 Å². The molecule has 110 valence electrons. The van der Waals surface area contributed by atoms with Crippen LogP contribution in [0.5, 0.6) is 0 Å². The van der Waals surface area contributed by atoms with Crippen LogP contribution in [-0.4, -0.2) is 44.3 Å². The Balaban J connectivity index is 2.22. The molecule has 1 unspecified atom stereocenters. The van der Waals surface area contributed by atoms with Gasteiger partial charge in [-0.2, -0.15) is 5.10 Å². The van der Waals surface area contributed by atoms with E-state index in [0.717, 1.165) is 25.0 Å². The second-order valence-electron chi connectivity index (χ2n) is 5.23. The third kappa shape index (κ3) is 3.00. The maximum Gasteiger partial charge on any atom is 0.305 e. The molecule has 0 aliphatic carbocycles. The van der Waals surface area contributed by atoms with Crippen molar-refractivity contribution in [2.24, 2.45) is 0 Å². The number of carboxylic acids is 1. The molecule has 20 heavy (non-hydrogen) atoms. The van der Waals surface area contributed by atoms with Crippen molar-refractivity contribution in [2.45, 2.75) is 52.1 Å². The van der Waals surface area contributed by atoms with Crippen LogP contribution in [0.15, 0.2) is 6.07 Å². The van der Waals surface area contributed by atoms with Crippen LogP contribution < -0.4 is 0 Å². The third-order valence-corrected chi connectivity index (χ3v) is 3.72. The molecular formula is C14H21N3O3. The van der Waals surface area contributed by atoms with Crippen molar-refractivity contribution in [3.63, 3.8) is 0 Å². The topological polar surface area (TPSA) is 75.4 Å². The van der Waals surface area contributed by atoms with Crippen LogP contribution in [0.25, 0.3) is 0 Å². The van der Waals surface area contributed by atoms with Crippen LogP contribution in [-0.2, 0) is 11.3 Å². The highest BCUT2D eigenvalue weighted by molar-refractivity contribution is 5.93. The van der Waals surface area contributed by atoms with Crippen molar-refractivity contribution in [3.8, 4) is 0 Å². The van der Waals surface area contributed by atoms with E-state index in [2.05, 4.69) is 5.10 Å². The van der Waals surface area contributed by atoms with Crippen molar-refractivity contribution in [2.75, 3.05) is 6.54 Å². The molecule has 1 aliphatic heterocycles. The Morgan fingerprint density at radius 2 is 2.20 bits per heavy atom. The van der Waals surface area contributed by atoms with Gasteiger partial charge in [0.25, 0.3) is 5.91 Å². The molecule has 1 N–H and O–H groups in total. The Morgan fingerprint density at radius 1 is 1.45 bits per heavy atom. The number of hydrogen-bond acceptors (Lipinski definition) is 3. The first-order valence-electron chi connectivity index (χ1n) is 7.10. The highest BCUT2D eigenvalue weighted by Crippen LogP contribution is 2.22. The predicted octanol–water partition coefficient (Wildman–Crippen LogP) is 1.68. The molecule has 1 amide bonds. The number of piperidine rings is 1. The van der Waals surface area contributed by atoms with Gasteiger partial charge in [-0.05, 0) is 39.2 Å². The summed E-state index contributed by atoms with van der Waals surface area (Å²) >= 11 is 0. The van der Waals surface area contributed by atoms with Crippen molar-refractivity contribution < 1.29 is 14.7 Å². The smallest absolute Gasteiger partial charge is 0.305 e. The van der Waals surface area contributed by atoms with Gasteiger partial charge in [-0.1, -0.05) is 0 Å². The highest BCUT2D eigenvalue weighted by atomic mass is 16.4. The van der Waals surface area contributed by atoms with Crippen molar-refractivity contribution in [3.05, 3.63) is 17.5 Å². The number of aromatic nitrogens is 2. The lowest BCUT2D eigenvalue weighted by molar-refractivity contribution is -0.138. The quantitative estimate of drug-likeness (QED) is 0.910. The summed E-state index contributed by atoms with van der Waals surface area (Å²) in [7, 11) is 0. The van der Waals surface area contributed by atoms with Gasteiger partial charge in [-0.3, -0.25) is 14.3 Å². The highest BCUT2D eigenvalue weighted by Gasteiger charge is 2.30. The standard InChI is InChI=1S/C14H21N3O3/c1-3-17-12(8-10(2)15-17)14(20)16-7-5-4-6-11(16)9-13(18)19/h8,11H,3-7,9H2,1-2H3,(H,18,19). The largest absolute Gasteiger partial charge is 0.481 e. The molecule has 6 nitrogen and oxygen atoms in total. The molecule has 0 saturated carbocycles. The summed E-state index contributed by atoms with van der Waals surface area (Å²) in [6.45, 7) is 5.05. The molecule has 1 saturated heterocycles. The number of aryl methyl sites for hydroxylation is 2. The second-order valence-corrected chi connectivity index (χ2v) is 5.23. The zero-order valence-corrected chi connectivity index (χ0v) is 12.0. The van der Waals surface area contributed by atoms with Crippen LogP contribution >= 0.6 is 0 Å². The van der Waals surface area contributed by atoms with Crippen LogP contribution in [0.3, 0.4) is 0 Å². The van der Waals surface area contributed by atoms with E-state index >= 15 is 0 Å². The Labute approximate surface area is 118 Å². The van der Waals surface area contributed by atoms with E-state index in [1.165, 1.54) is 0 Å². The maximum absolute atomic E-state index is 12.7. The minimum atomic E-state index is -0.852. The zero-order valence-electron chi connectivity index (χ0n) is 12.0. The van der Waals surface area contributed by atoms with Gasteiger partial charge in [-0.25, -0.2) is 0 Å². The number of rotatable bonds is 4. The summed E-state index contributed by atoms with van der Waals surface area (Å²) in [6, 6.07) is 1.58. The number of hydrogen-bond donors (Lipinski definition) is 1. The molecule has 0 spiro atoms. The first-order chi connectivity index (χ1) is 9.52. The van der Waals surface area contributed by atoms with Crippen LogP contribution in [0.2, 0.25) is 0 Å². The van der Waals surface area contributed by atoms with E-state index < -0.39 is 5.97 Å². The van der Waals surface area contributed by atoms with Crippen molar-refractivity contribution in [1.29, 1.82) is 0 Å². The van der Waals surface area contributed by atoms with E-state index in [0.29, 0.717) is 18.8 Å². The van der Waals surface area contributed by atoms with Gasteiger partial charge in [0, 0.05) is 19.1 Å². The molecule has 6 heteroatoms. The van der Waals surface area contributed by atoms with E-state index in [9.17, 15) is 9.59 Å². The number of aliphatic carboxylic acids is 1. The van der Waals surface area contributed by atoms with Gasteiger partial charge in [0.2, 0.25) is 0 Å². The fourth-order valence-electron chi connectivity index (χ4n) is 2.79. The Morgan fingerprint density at radius 3 is 2.85 bits per heavy atom. The predicted molar refractivity (Wildman–Crippen MR) is 73.6 cm³/mol. The summed E-state index contributed by atoms with van der Waals surface area (Å²) in [5, 5.41) is 13.3. The summed E-state index contributed by atoms with van der Waals surface area (Å²) in [6.07, 6.45) is 2.69. The van der Waals surface area contributed by atoms with Crippen LogP contribution in [0.1, 0.15) is 48.8 Å². The molecule has 1 atom stereocenters. The first-order valence-corrected chi connectivity index (χ1v) is 7.10. The molecule has 2 rings (SSSR count). The van der Waals surface area contributed by atoms with E-state index in [-0.39, 0.29) is 18.4 Å². The molecule has 2 heterocycles. The number of likely N-dealkylation sites (tertiary alicyclic amines) is 1. The average molecular weight is 279 g/mol. The lowest BCUT2D eigenvalue weighted by atomic mass is 9.99. The zero-order chi connectivity index (χ0) is 14.7. The molecule has 1 aromatic heterocycles. The van der Waals surface area contributed by atoms with Gasteiger partial charge in [-0.15, -0.1) is 0 Å². The van der Waals surface area contributed by atoms with E-state index in [1.54, 1.807) is 15.6 Å². The minimum Gasteiger partial charge on any atom is -0.481 e. The summed E-state index contributed by atoms with van der Waals surface area (Å²) < 4.78 is 1.68. The molecule has 0 aromatic carbocycles. The van der Waals surface area contributed by atoms with Gasteiger partial charge in [0.1, 0.15) is 5.69 Å². The monoisotopic (exact) mass is 279 g/mol. The molecule has 1 fully saturated rings. The number of carboxylic acid groups (broad SMARTS) is 1. The maximum atomic E-state index is 12.7. The number of amides is 1. The fourth-order valence-corrected chi connectivity index (χ4v) is 2.79. The fraction of sp³-hybridized carbons (Fsp3) is 0.643. The SMILES string of the molecule is CCn1nc(C)cc1C(=O)N1CCCCC1CC(=O)O. The van der Waals surface area contributed by atoms with Gasteiger partial charge >= 0.3 is 5.97 Å². The summed E-state index contributed by atoms with van der Waals surface area (Å²) in [4.78, 5) is 25.3. The van der Waals surface area contributed by atoms with Crippen LogP contribution in [0.4, 0.5) is 0 Å². The molecule has 1 aliphatic rings. The van der Waals surface area contributed by atoms with E-state index in [1.807, 2.05) is 13.8 Å². The third-order valence-electron chi connectivity index (χ3n) is 3.72. The van der Waals surface area contributed by atoms with E-state index in [4.69, 9.17) is 5.11 Å². The number of nitrogens with zero attached hydrogens (tertiary/aromatic N) is 3. The number of carbonyl (C=O) groups excluding carboxylic acids is 1. The lowest BCUT2D eigenvalue weighted by Gasteiger charge is -2.35. The summed E-state index contributed by atoms with van der Waals surface area (Å²) in [5.74, 6) is -0.951. The molecule has 0 radical (unpaired) electrons. The normalized spacial score (nSPS) is 19.1. The Bertz CT molecular complexity index is 510. The first kappa shape index (κ1) is 14.6. The Kier molecular flexibility index (Phi) is 4.42. The summed E-state index contributed by atoms with van der Waals surface area (Å²) in [5.41, 5.74) is 1.37. The van der Waals surface area contributed by atoms with Gasteiger partial charge < -0.3 is 10.0 Å². The Hall–Kier alpha value is -1.85. The van der Waals surface area contributed by atoms with Crippen LogP contribution in [0, 0.1) is 6.92 Å². The number of carbonyl (C=O) groups is 2.